The van der Waals surface area contributed by atoms with Crippen LogP contribution in [0, 0.1) is 0 Å². The standard InChI is InChI=1S/C18H19NO3/c20-18(19-11-6-12-19)14-22-17-10-5-4-9-16(17)21-13-15-7-2-1-3-8-15/h1-5,7-10H,6,11-14H2. The number of likely N-dealkylation sites (tertiary alicyclic amines) is 1. The van der Waals surface area contributed by atoms with Crippen molar-refractivity contribution in [2.24, 2.45) is 0 Å². The van der Waals surface area contributed by atoms with E-state index in [2.05, 4.69) is 0 Å². The molecule has 0 aliphatic carbocycles. The van der Waals surface area contributed by atoms with Gasteiger partial charge in [-0.2, -0.15) is 0 Å². The maximum atomic E-state index is 11.8. The lowest BCUT2D eigenvalue weighted by Gasteiger charge is -2.30. The molecule has 2 aromatic carbocycles. The van der Waals surface area contributed by atoms with Crippen LogP contribution in [0.1, 0.15) is 12.0 Å². The topological polar surface area (TPSA) is 38.8 Å². The summed E-state index contributed by atoms with van der Waals surface area (Å²) in [5.41, 5.74) is 1.09. The highest BCUT2D eigenvalue weighted by molar-refractivity contribution is 5.78. The number of carbonyl (C=O) groups is 1. The maximum absolute atomic E-state index is 11.8. The van der Waals surface area contributed by atoms with Crippen LogP contribution >= 0.6 is 0 Å². The summed E-state index contributed by atoms with van der Waals surface area (Å²) in [6.07, 6.45) is 1.09. The van der Waals surface area contributed by atoms with Crippen molar-refractivity contribution in [1.29, 1.82) is 0 Å². The minimum Gasteiger partial charge on any atom is -0.485 e. The van der Waals surface area contributed by atoms with E-state index >= 15 is 0 Å². The van der Waals surface area contributed by atoms with Crippen molar-refractivity contribution in [3.05, 3.63) is 60.2 Å². The van der Waals surface area contributed by atoms with E-state index in [-0.39, 0.29) is 12.5 Å². The zero-order chi connectivity index (χ0) is 15.2. The second-order valence-electron chi connectivity index (χ2n) is 5.24. The van der Waals surface area contributed by atoms with Crippen molar-refractivity contribution in [1.82, 2.24) is 4.90 Å². The molecule has 22 heavy (non-hydrogen) atoms. The molecular formula is C18H19NO3. The van der Waals surface area contributed by atoms with Crippen LogP contribution < -0.4 is 9.47 Å². The van der Waals surface area contributed by atoms with E-state index < -0.39 is 0 Å². The van der Waals surface area contributed by atoms with Crippen molar-refractivity contribution in [3.63, 3.8) is 0 Å². The van der Waals surface area contributed by atoms with Gasteiger partial charge in [-0.3, -0.25) is 4.79 Å². The van der Waals surface area contributed by atoms with Crippen LogP contribution in [0.2, 0.25) is 0 Å². The first-order chi connectivity index (χ1) is 10.8. The van der Waals surface area contributed by atoms with E-state index in [1.54, 1.807) is 4.90 Å². The monoisotopic (exact) mass is 297 g/mol. The van der Waals surface area contributed by atoms with Crippen LogP contribution in [-0.4, -0.2) is 30.5 Å². The fourth-order valence-electron chi connectivity index (χ4n) is 2.22. The summed E-state index contributed by atoms with van der Waals surface area (Å²) >= 11 is 0. The van der Waals surface area contributed by atoms with Gasteiger partial charge in [0, 0.05) is 13.1 Å². The minimum absolute atomic E-state index is 0.0316. The Hall–Kier alpha value is -2.49. The van der Waals surface area contributed by atoms with Gasteiger partial charge in [-0.15, -0.1) is 0 Å². The number of carbonyl (C=O) groups excluding carboxylic acids is 1. The van der Waals surface area contributed by atoms with Crippen LogP contribution in [0.5, 0.6) is 11.5 Å². The van der Waals surface area contributed by atoms with Crippen LogP contribution in [0.4, 0.5) is 0 Å². The summed E-state index contributed by atoms with van der Waals surface area (Å²) in [4.78, 5) is 13.6. The van der Waals surface area contributed by atoms with Gasteiger partial charge in [0.25, 0.3) is 5.91 Å². The SMILES string of the molecule is O=C(COc1ccccc1OCc1ccccc1)N1CCC1. The van der Waals surface area contributed by atoms with E-state index in [1.807, 2.05) is 54.6 Å². The van der Waals surface area contributed by atoms with E-state index in [1.165, 1.54) is 0 Å². The van der Waals surface area contributed by atoms with Crippen molar-refractivity contribution < 1.29 is 14.3 Å². The molecule has 2 aromatic rings. The molecular weight excluding hydrogens is 278 g/mol. The molecule has 1 amide bonds. The van der Waals surface area contributed by atoms with Gasteiger partial charge in [0.1, 0.15) is 6.61 Å². The molecule has 0 atom stereocenters. The highest BCUT2D eigenvalue weighted by Gasteiger charge is 2.20. The van der Waals surface area contributed by atoms with Gasteiger partial charge in [0.05, 0.1) is 0 Å². The number of amides is 1. The second-order valence-corrected chi connectivity index (χ2v) is 5.24. The van der Waals surface area contributed by atoms with Gasteiger partial charge >= 0.3 is 0 Å². The zero-order valence-corrected chi connectivity index (χ0v) is 12.4. The first-order valence-corrected chi connectivity index (χ1v) is 7.49. The molecule has 1 aliphatic heterocycles. The number of benzene rings is 2. The molecule has 1 saturated heterocycles. The third kappa shape index (κ3) is 3.58. The van der Waals surface area contributed by atoms with E-state index in [4.69, 9.17) is 9.47 Å². The first kappa shape index (κ1) is 14.4. The highest BCUT2D eigenvalue weighted by Crippen LogP contribution is 2.27. The summed E-state index contributed by atoms with van der Waals surface area (Å²) in [5.74, 6) is 1.29. The second kappa shape index (κ2) is 6.98. The molecule has 0 saturated carbocycles. The Morgan fingerprint density at radius 3 is 2.18 bits per heavy atom. The van der Waals surface area contributed by atoms with Crippen molar-refractivity contribution in [3.8, 4) is 11.5 Å². The summed E-state index contributed by atoms with van der Waals surface area (Å²) in [5, 5.41) is 0. The molecule has 4 heteroatoms. The third-order valence-electron chi connectivity index (χ3n) is 3.65. The van der Waals surface area contributed by atoms with E-state index in [0.29, 0.717) is 18.1 Å². The average Bonchev–Trinajstić information content (AvgIpc) is 2.51. The Morgan fingerprint density at radius 2 is 1.55 bits per heavy atom. The maximum Gasteiger partial charge on any atom is 0.260 e. The fraction of sp³-hybridized carbons (Fsp3) is 0.278. The highest BCUT2D eigenvalue weighted by atomic mass is 16.5. The molecule has 0 N–H and O–H groups in total. The summed E-state index contributed by atoms with van der Waals surface area (Å²) in [7, 11) is 0. The molecule has 0 aromatic heterocycles. The van der Waals surface area contributed by atoms with Crippen LogP contribution in [0.25, 0.3) is 0 Å². The predicted molar refractivity (Wildman–Crippen MR) is 83.9 cm³/mol. The molecule has 114 valence electrons. The normalized spacial score (nSPS) is 13.4. The Bertz CT molecular complexity index is 623. The largest absolute Gasteiger partial charge is 0.485 e. The molecule has 0 unspecified atom stereocenters. The quantitative estimate of drug-likeness (QED) is 0.823. The molecule has 0 radical (unpaired) electrons. The lowest BCUT2D eigenvalue weighted by atomic mass is 10.2. The summed E-state index contributed by atoms with van der Waals surface area (Å²) in [6.45, 7) is 2.22. The molecule has 1 fully saturated rings. The zero-order valence-electron chi connectivity index (χ0n) is 12.4. The van der Waals surface area contributed by atoms with Gasteiger partial charge in [0.15, 0.2) is 18.1 Å². The summed E-state index contributed by atoms with van der Waals surface area (Å²) < 4.78 is 11.4. The number of nitrogens with zero attached hydrogens (tertiary/aromatic N) is 1. The predicted octanol–water partition coefficient (Wildman–Crippen LogP) is 2.88. The summed E-state index contributed by atoms with van der Waals surface area (Å²) in [6, 6.07) is 17.4. The van der Waals surface area contributed by atoms with Gasteiger partial charge < -0.3 is 14.4 Å². The first-order valence-electron chi connectivity index (χ1n) is 7.49. The van der Waals surface area contributed by atoms with Gasteiger partial charge in [-0.05, 0) is 24.1 Å². The van der Waals surface area contributed by atoms with Crippen molar-refractivity contribution >= 4 is 5.91 Å². The third-order valence-corrected chi connectivity index (χ3v) is 3.65. The molecule has 3 rings (SSSR count). The number of rotatable bonds is 6. The van der Waals surface area contributed by atoms with Crippen molar-refractivity contribution in [2.45, 2.75) is 13.0 Å². The number of para-hydroxylation sites is 2. The Morgan fingerprint density at radius 1 is 0.909 bits per heavy atom. The van der Waals surface area contributed by atoms with Gasteiger partial charge in [0.2, 0.25) is 0 Å². The number of hydrogen-bond donors (Lipinski definition) is 0. The van der Waals surface area contributed by atoms with E-state index in [0.717, 1.165) is 25.1 Å². The molecule has 0 spiro atoms. The Balaban J connectivity index is 1.58. The smallest absolute Gasteiger partial charge is 0.260 e. The Kier molecular flexibility index (Phi) is 4.59. The Labute approximate surface area is 130 Å². The lowest BCUT2D eigenvalue weighted by Crippen LogP contribution is -2.44. The molecule has 0 bridgehead atoms. The van der Waals surface area contributed by atoms with Crippen LogP contribution in [0.15, 0.2) is 54.6 Å². The lowest BCUT2D eigenvalue weighted by molar-refractivity contribution is -0.136. The molecule has 1 aliphatic rings. The number of ether oxygens (including phenoxy) is 2. The van der Waals surface area contributed by atoms with Gasteiger partial charge in [-0.25, -0.2) is 0 Å². The van der Waals surface area contributed by atoms with E-state index in [9.17, 15) is 4.79 Å². The van der Waals surface area contributed by atoms with Crippen molar-refractivity contribution in [2.75, 3.05) is 19.7 Å². The van der Waals surface area contributed by atoms with Crippen LogP contribution in [0.3, 0.4) is 0 Å². The van der Waals surface area contributed by atoms with Crippen LogP contribution in [-0.2, 0) is 11.4 Å². The van der Waals surface area contributed by atoms with Gasteiger partial charge in [-0.1, -0.05) is 42.5 Å². The molecule has 4 nitrogen and oxygen atoms in total. The average molecular weight is 297 g/mol. The number of hydrogen-bond acceptors (Lipinski definition) is 3. The fourth-order valence-corrected chi connectivity index (χ4v) is 2.22. The minimum atomic E-state index is 0.0316. The molecule has 1 heterocycles.